The minimum Gasteiger partial charge on any atom is -0.463 e. The molecule has 2 rings (SSSR count). The summed E-state index contributed by atoms with van der Waals surface area (Å²) in [5.74, 6) is -0.354. The zero-order valence-electron chi connectivity index (χ0n) is 13.6. The number of ether oxygens (including phenoxy) is 3. The van der Waals surface area contributed by atoms with Gasteiger partial charge in [-0.2, -0.15) is 0 Å². The molecule has 1 aromatic rings. The molecule has 1 aliphatic heterocycles. The number of hydrogen-bond donors (Lipinski definition) is 0. The fourth-order valence-electron chi connectivity index (χ4n) is 2.30. The third-order valence-corrected chi connectivity index (χ3v) is 3.75. The van der Waals surface area contributed by atoms with Crippen LogP contribution in [0.5, 0.6) is 0 Å². The normalized spacial score (nSPS) is 18.1. The van der Waals surface area contributed by atoms with Gasteiger partial charge in [-0.3, -0.25) is 0 Å². The third kappa shape index (κ3) is 5.98. The van der Waals surface area contributed by atoms with Crippen molar-refractivity contribution in [1.82, 2.24) is 0 Å². The Balaban J connectivity index is 2.18. The number of epoxide rings is 1. The monoisotopic (exact) mass is 338 g/mol. The first kappa shape index (κ1) is 18.0. The van der Waals surface area contributed by atoms with Gasteiger partial charge < -0.3 is 14.2 Å². The molecular formula is C18H23ClO4. The predicted octanol–water partition coefficient (Wildman–Crippen LogP) is 4.17. The molecule has 2 atom stereocenters. The van der Waals surface area contributed by atoms with Crippen LogP contribution in [0.15, 0.2) is 24.3 Å². The van der Waals surface area contributed by atoms with E-state index < -0.39 is 0 Å². The molecule has 126 valence electrons. The van der Waals surface area contributed by atoms with E-state index in [4.69, 9.17) is 25.8 Å². The van der Waals surface area contributed by atoms with Crippen LogP contribution in [0, 0.1) is 0 Å². The molecular weight excluding hydrogens is 316 g/mol. The zero-order valence-corrected chi connectivity index (χ0v) is 14.3. The molecule has 1 heterocycles. The zero-order chi connectivity index (χ0) is 16.7. The van der Waals surface area contributed by atoms with E-state index in [0.717, 1.165) is 30.6 Å². The number of carbonyl (C=O) groups excluding carboxylic acids is 1. The fourth-order valence-corrected chi connectivity index (χ4v) is 2.48. The van der Waals surface area contributed by atoms with Crippen molar-refractivity contribution in [2.45, 2.75) is 38.9 Å². The molecule has 0 aliphatic carbocycles. The Hall–Kier alpha value is -1.36. The molecule has 0 bridgehead atoms. The van der Waals surface area contributed by atoms with Crippen molar-refractivity contribution >= 4 is 23.6 Å². The van der Waals surface area contributed by atoms with Crippen LogP contribution in [-0.2, 0) is 19.0 Å². The summed E-state index contributed by atoms with van der Waals surface area (Å²) in [6.07, 6.45) is 5.21. The Morgan fingerprint density at radius 2 is 2.26 bits per heavy atom. The number of benzene rings is 1. The van der Waals surface area contributed by atoms with Crippen LogP contribution >= 0.6 is 11.6 Å². The van der Waals surface area contributed by atoms with Gasteiger partial charge in [0, 0.05) is 11.1 Å². The molecule has 0 amide bonds. The maximum atomic E-state index is 11.5. The quantitative estimate of drug-likeness (QED) is 0.385. The standard InChI is InChI=1S/C18H23ClO4/c1-3-5-17(23-12-15-11-22-15)16-10-14(19)8-6-13(16)7-9-18(20)21-4-2/h6-10,15,17H,3-5,11-12H2,1-2H3/b9-7+. The van der Waals surface area contributed by atoms with Crippen LogP contribution in [-0.4, -0.2) is 31.9 Å². The maximum Gasteiger partial charge on any atom is 0.330 e. The molecule has 0 saturated carbocycles. The van der Waals surface area contributed by atoms with Crippen LogP contribution in [0.4, 0.5) is 0 Å². The van der Waals surface area contributed by atoms with Crippen molar-refractivity contribution < 1.29 is 19.0 Å². The van der Waals surface area contributed by atoms with E-state index in [9.17, 15) is 4.79 Å². The van der Waals surface area contributed by atoms with E-state index >= 15 is 0 Å². The van der Waals surface area contributed by atoms with E-state index in [-0.39, 0.29) is 18.2 Å². The highest BCUT2D eigenvalue weighted by atomic mass is 35.5. The highest BCUT2D eigenvalue weighted by Gasteiger charge is 2.25. The van der Waals surface area contributed by atoms with Gasteiger partial charge in [-0.15, -0.1) is 0 Å². The summed E-state index contributed by atoms with van der Waals surface area (Å²) in [4.78, 5) is 11.5. The molecule has 0 radical (unpaired) electrons. The van der Waals surface area contributed by atoms with Gasteiger partial charge in [0.2, 0.25) is 0 Å². The van der Waals surface area contributed by atoms with Gasteiger partial charge in [-0.25, -0.2) is 4.79 Å². The fraction of sp³-hybridized carbons (Fsp3) is 0.500. The Morgan fingerprint density at radius 1 is 1.48 bits per heavy atom. The van der Waals surface area contributed by atoms with Crippen molar-refractivity contribution in [2.24, 2.45) is 0 Å². The smallest absolute Gasteiger partial charge is 0.330 e. The van der Waals surface area contributed by atoms with E-state index in [1.54, 1.807) is 13.0 Å². The van der Waals surface area contributed by atoms with E-state index in [1.807, 2.05) is 18.2 Å². The van der Waals surface area contributed by atoms with Crippen molar-refractivity contribution in [1.29, 1.82) is 0 Å². The number of esters is 1. The Bertz CT molecular complexity index is 552. The number of hydrogen-bond acceptors (Lipinski definition) is 4. The second-order valence-electron chi connectivity index (χ2n) is 5.42. The topological polar surface area (TPSA) is 48.1 Å². The van der Waals surface area contributed by atoms with Crippen LogP contribution in [0.25, 0.3) is 6.08 Å². The lowest BCUT2D eigenvalue weighted by molar-refractivity contribution is -0.137. The van der Waals surface area contributed by atoms with Crippen LogP contribution in [0.1, 0.15) is 43.9 Å². The van der Waals surface area contributed by atoms with Crippen LogP contribution in [0.3, 0.4) is 0 Å². The lowest BCUT2D eigenvalue weighted by Gasteiger charge is -2.20. The van der Waals surface area contributed by atoms with Crippen LogP contribution in [0.2, 0.25) is 5.02 Å². The van der Waals surface area contributed by atoms with Crippen molar-refractivity contribution in [3.05, 3.63) is 40.4 Å². The minimum absolute atomic E-state index is 0.0651. The van der Waals surface area contributed by atoms with Gasteiger partial charge in [0.05, 0.1) is 25.9 Å². The molecule has 1 fully saturated rings. The van der Waals surface area contributed by atoms with Gasteiger partial charge in [0.25, 0.3) is 0 Å². The second-order valence-corrected chi connectivity index (χ2v) is 5.86. The molecule has 2 unspecified atom stereocenters. The summed E-state index contributed by atoms with van der Waals surface area (Å²) in [6.45, 7) is 5.61. The SMILES string of the molecule is CCCC(OCC1CO1)c1cc(Cl)ccc1/C=C/C(=O)OCC. The van der Waals surface area contributed by atoms with E-state index in [1.165, 1.54) is 6.08 Å². The Kier molecular flexibility index (Phi) is 7.09. The average molecular weight is 339 g/mol. The van der Waals surface area contributed by atoms with E-state index in [0.29, 0.717) is 18.2 Å². The molecule has 1 aliphatic rings. The van der Waals surface area contributed by atoms with Gasteiger partial charge in [0.1, 0.15) is 6.10 Å². The first-order chi connectivity index (χ1) is 11.1. The van der Waals surface area contributed by atoms with Gasteiger partial charge in [-0.05, 0) is 42.7 Å². The largest absolute Gasteiger partial charge is 0.463 e. The van der Waals surface area contributed by atoms with Crippen molar-refractivity contribution in [2.75, 3.05) is 19.8 Å². The molecule has 1 saturated heterocycles. The van der Waals surface area contributed by atoms with Gasteiger partial charge in [-0.1, -0.05) is 31.0 Å². The minimum atomic E-state index is -0.354. The first-order valence-corrected chi connectivity index (χ1v) is 8.39. The molecule has 0 aromatic heterocycles. The summed E-state index contributed by atoms with van der Waals surface area (Å²) in [5, 5.41) is 0.653. The third-order valence-electron chi connectivity index (χ3n) is 3.52. The molecule has 1 aromatic carbocycles. The van der Waals surface area contributed by atoms with Crippen LogP contribution < -0.4 is 0 Å². The first-order valence-electron chi connectivity index (χ1n) is 8.01. The van der Waals surface area contributed by atoms with Gasteiger partial charge in [0.15, 0.2) is 0 Å². The number of rotatable bonds is 9. The Morgan fingerprint density at radius 3 is 2.91 bits per heavy atom. The molecule has 4 nitrogen and oxygen atoms in total. The summed E-state index contributed by atoms with van der Waals surface area (Å²) in [7, 11) is 0. The second kappa shape index (κ2) is 9.06. The van der Waals surface area contributed by atoms with Crippen molar-refractivity contribution in [3.63, 3.8) is 0 Å². The highest BCUT2D eigenvalue weighted by Crippen LogP contribution is 2.30. The lowest BCUT2D eigenvalue weighted by Crippen LogP contribution is -2.10. The molecule has 23 heavy (non-hydrogen) atoms. The van der Waals surface area contributed by atoms with E-state index in [2.05, 4.69) is 6.92 Å². The molecule has 0 spiro atoms. The van der Waals surface area contributed by atoms with Gasteiger partial charge >= 0.3 is 5.97 Å². The summed E-state index contributed by atoms with van der Waals surface area (Å²) in [6, 6.07) is 5.61. The number of halogens is 1. The summed E-state index contributed by atoms with van der Waals surface area (Å²) in [5.41, 5.74) is 1.90. The Labute approximate surface area is 142 Å². The summed E-state index contributed by atoms with van der Waals surface area (Å²) >= 11 is 6.15. The molecule has 5 heteroatoms. The van der Waals surface area contributed by atoms with Crippen molar-refractivity contribution in [3.8, 4) is 0 Å². The number of carbonyl (C=O) groups is 1. The lowest BCUT2D eigenvalue weighted by atomic mass is 9.98. The molecule has 0 N–H and O–H groups in total. The predicted molar refractivity (Wildman–Crippen MR) is 90.5 cm³/mol. The maximum absolute atomic E-state index is 11.5. The average Bonchev–Trinajstić information content (AvgIpc) is 3.35. The summed E-state index contributed by atoms with van der Waals surface area (Å²) < 4.78 is 16.1. The highest BCUT2D eigenvalue weighted by molar-refractivity contribution is 6.30.